The van der Waals surface area contributed by atoms with Gasteiger partial charge in [0.25, 0.3) is 0 Å². The highest BCUT2D eigenvalue weighted by Gasteiger charge is 2.28. The van der Waals surface area contributed by atoms with Gasteiger partial charge in [0.2, 0.25) is 5.91 Å². The minimum absolute atomic E-state index is 0.167. The van der Waals surface area contributed by atoms with E-state index >= 15 is 0 Å². The summed E-state index contributed by atoms with van der Waals surface area (Å²) in [7, 11) is 0. The maximum Gasteiger partial charge on any atom is 0.410 e. The van der Waals surface area contributed by atoms with Crippen LogP contribution < -0.4 is 5.32 Å². The van der Waals surface area contributed by atoms with E-state index in [0.29, 0.717) is 31.1 Å². The van der Waals surface area contributed by atoms with Crippen molar-refractivity contribution >= 4 is 28.5 Å². The second kappa shape index (κ2) is 8.26. The van der Waals surface area contributed by atoms with Gasteiger partial charge in [-0.2, -0.15) is 0 Å². The van der Waals surface area contributed by atoms with Gasteiger partial charge in [-0.15, -0.1) is 0 Å². The quantitative estimate of drug-likeness (QED) is 0.830. The Balaban J connectivity index is 1.55. The van der Waals surface area contributed by atoms with Crippen molar-refractivity contribution in [2.24, 2.45) is 0 Å². The van der Waals surface area contributed by atoms with Crippen LogP contribution in [0.3, 0.4) is 0 Å². The third-order valence-electron chi connectivity index (χ3n) is 4.16. The predicted octanol–water partition coefficient (Wildman–Crippen LogP) is 4.15. The lowest BCUT2D eigenvalue weighted by Crippen LogP contribution is -2.39. The van der Waals surface area contributed by atoms with Gasteiger partial charge in [-0.25, -0.2) is 14.2 Å². The third-order valence-corrected chi connectivity index (χ3v) is 5.16. The Morgan fingerprint density at radius 3 is 2.86 bits per heavy atom. The average Bonchev–Trinajstić information content (AvgIpc) is 2.99. The standard InChI is InChI=1S/C20H24FN3O3S/c1-20(2,3)27-19(26)24-10-9-15-16(12-24)28-18(22-15)23-17(25)8-7-13-5-4-6-14(21)11-13/h4-6,11H,7-10,12H2,1-3H3,(H,22,23,25). The van der Waals surface area contributed by atoms with Crippen molar-refractivity contribution in [3.8, 4) is 0 Å². The molecule has 0 bridgehead atoms. The Kier molecular flexibility index (Phi) is 5.98. The number of hydrogen-bond donors (Lipinski definition) is 1. The number of anilines is 1. The molecule has 0 radical (unpaired) electrons. The van der Waals surface area contributed by atoms with Crippen LogP contribution in [0.4, 0.5) is 14.3 Å². The highest BCUT2D eigenvalue weighted by atomic mass is 32.1. The number of fused-ring (bicyclic) bond motifs is 1. The number of rotatable bonds is 4. The molecule has 150 valence electrons. The van der Waals surface area contributed by atoms with E-state index in [0.717, 1.165) is 16.1 Å². The summed E-state index contributed by atoms with van der Waals surface area (Å²) in [5.74, 6) is -0.473. The lowest BCUT2D eigenvalue weighted by Gasteiger charge is -2.29. The monoisotopic (exact) mass is 405 g/mol. The van der Waals surface area contributed by atoms with E-state index in [2.05, 4.69) is 10.3 Å². The summed E-state index contributed by atoms with van der Waals surface area (Å²) in [4.78, 5) is 31.5. The number of carbonyl (C=O) groups is 2. The first-order valence-corrected chi connectivity index (χ1v) is 10.0. The number of nitrogens with zero attached hydrogens (tertiary/aromatic N) is 2. The highest BCUT2D eigenvalue weighted by molar-refractivity contribution is 7.15. The van der Waals surface area contributed by atoms with Crippen molar-refractivity contribution in [1.82, 2.24) is 9.88 Å². The summed E-state index contributed by atoms with van der Waals surface area (Å²) in [6.45, 7) is 6.49. The van der Waals surface area contributed by atoms with Gasteiger partial charge in [-0.1, -0.05) is 23.5 Å². The van der Waals surface area contributed by atoms with Crippen LogP contribution >= 0.6 is 11.3 Å². The van der Waals surface area contributed by atoms with Crippen LogP contribution in [-0.4, -0.2) is 34.0 Å². The Morgan fingerprint density at radius 1 is 1.36 bits per heavy atom. The smallest absolute Gasteiger partial charge is 0.410 e. The first-order chi connectivity index (χ1) is 13.2. The SMILES string of the molecule is CC(C)(C)OC(=O)N1CCc2nc(NC(=O)CCc3cccc(F)c3)sc2C1. The highest BCUT2D eigenvalue weighted by Crippen LogP contribution is 2.29. The van der Waals surface area contributed by atoms with Gasteiger partial charge < -0.3 is 15.0 Å². The van der Waals surface area contributed by atoms with E-state index in [1.165, 1.54) is 23.5 Å². The van der Waals surface area contributed by atoms with Crippen LogP contribution in [0.1, 0.15) is 43.3 Å². The number of hydrogen-bond acceptors (Lipinski definition) is 5. The molecule has 2 heterocycles. The Hall–Kier alpha value is -2.48. The normalized spacial score (nSPS) is 13.8. The molecule has 1 aliphatic heterocycles. The number of benzene rings is 1. The van der Waals surface area contributed by atoms with Gasteiger partial charge in [-0.3, -0.25) is 4.79 Å². The zero-order chi connectivity index (χ0) is 20.3. The largest absolute Gasteiger partial charge is 0.444 e. The summed E-state index contributed by atoms with van der Waals surface area (Å²) in [5, 5.41) is 3.33. The number of thiazole rings is 1. The van der Waals surface area contributed by atoms with Crippen LogP contribution in [0.25, 0.3) is 0 Å². The molecule has 0 unspecified atom stereocenters. The van der Waals surface area contributed by atoms with E-state index in [-0.39, 0.29) is 24.2 Å². The third kappa shape index (κ3) is 5.51. The summed E-state index contributed by atoms with van der Waals surface area (Å²) in [6, 6.07) is 6.24. The first-order valence-electron chi connectivity index (χ1n) is 9.20. The van der Waals surface area contributed by atoms with E-state index in [1.807, 2.05) is 20.8 Å². The first kappa shape index (κ1) is 20.3. The van der Waals surface area contributed by atoms with Gasteiger partial charge in [-0.05, 0) is 44.9 Å². The molecule has 0 aliphatic carbocycles. The fourth-order valence-electron chi connectivity index (χ4n) is 2.86. The molecule has 0 saturated carbocycles. The Morgan fingerprint density at radius 2 is 2.14 bits per heavy atom. The van der Waals surface area contributed by atoms with Crippen molar-refractivity contribution in [3.63, 3.8) is 0 Å². The second-order valence-corrected chi connectivity index (χ2v) is 8.80. The van der Waals surface area contributed by atoms with Crippen LogP contribution in [0.5, 0.6) is 0 Å². The molecule has 1 aromatic carbocycles. The number of aryl methyl sites for hydroxylation is 1. The maximum absolute atomic E-state index is 13.2. The molecular formula is C20H24FN3O3S. The number of halogens is 1. The van der Waals surface area contributed by atoms with Gasteiger partial charge in [0.1, 0.15) is 11.4 Å². The molecular weight excluding hydrogens is 381 g/mol. The molecule has 3 rings (SSSR count). The van der Waals surface area contributed by atoms with Crippen molar-refractivity contribution in [2.75, 3.05) is 11.9 Å². The van der Waals surface area contributed by atoms with Crippen LogP contribution in [0.15, 0.2) is 24.3 Å². The number of carbonyl (C=O) groups excluding carboxylic acids is 2. The molecule has 1 aromatic heterocycles. The molecule has 0 spiro atoms. The zero-order valence-electron chi connectivity index (χ0n) is 16.3. The molecule has 6 nitrogen and oxygen atoms in total. The lowest BCUT2D eigenvalue weighted by atomic mass is 10.1. The number of nitrogens with one attached hydrogen (secondary N) is 1. The maximum atomic E-state index is 13.2. The summed E-state index contributed by atoms with van der Waals surface area (Å²) >= 11 is 1.37. The molecule has 1 aliphatic rings. The minimum Gasteiger partial charge on any atom is -0.444 e. The molecule has 28 heavy (non-hydrogen) atoms. The van der Waals surface area contributed by atoms with Gasteiger partial charge in [0.15, 0.2) is 5.13 Å². The molecule has 2 aromatic rings. The van der Waals surface area contributed by atoms with E-state index in [4.69, 9.17) is 4.74 Å². The van der Waals surface area contributed by atoms with Gasteiger partial charge >= 0.3 is 6.09 Å². The number of amides is 2. The molecule has 2 amide bonds. The van der Waals surface area contributed by atoms with E-state index in [1.54, 1.807) is 17.0 Å². The second-order valence-electron chi connectivity index (χ2n) is 7.72. The summed E-state index contributed by atoms with van der Waals surface area (Å²) in [6.07, 6.45) is 0.996. The summed E-state index contributed by atoms with van der Waals surface area (Å²) < 4.78 is 18.6. The van der Waals surface area contributed by atoms with Crippen LogP contribution in [0.2, 0.25) is 0 Å². The predicted molar refractivity (Wildman–Crippen MR) is 106 cm³/mol. The fourth-order valence-corrected chi connectivity index (χ4v) is 3.90. The van der Waals surface area contributed by atoms with Crippen LogP contribution in [0, 0.1) is 5.82 Å². The van der Waals surface area contributed by atoms with Crippen molar-refractivity contribution in [1.29, 1.82) is 0 Å². The molecule has 0 atom stereocenters. The van der Waals surface area contributed by atoms with Crippen molar-refractivity contribution in [2.45, 2.75) is 52.2 Å². The average molecular weight is 405 g/mol. The summed E-state index contributed by atoms with van der Waals surface area (Å²) in [5.41, 5.74) is 1.15. The Bertz CT molecular complexity index is 876. The topological polar surface area (TPSA) is 71.5 Å². The molecule has 8 heteroatoms. The minimum atomic E-state index is -0.536. The fraction of sp³-hybridized carbons (Fsp3) is 0.450. The lowest BCUT2D eigenvalue weighted by molar-refractivity contribution is -0.116. The van der Waals surface area contributed by atoms with Gasteiger partial charge in [0.05, 0.1) is 12.2 Å². The van der Waals surface area contributed by atoms with E-state index in [9.17, 15) is 14.0 Å². The molecule has 0 fully saturated rings. The zero-order valence-corrected chi connectivity index (χ0v) is 17.1. The van der Waals surface area contributed by atoms with Crippen molar-refractivity contribution in [3.05, 3.63) is 46.2 Å². The van der Waals surface area contributed by atoms with Crippen molar-refractivity contribution < 1.29 is 18.7 Å². The number of aromatic nitrogens is 1. The van der Waals surface area contributed by atoms with Crippen LogP contribution in [-0.2, 0) is 28.9 Å². The van der Waals surface area contributed by atoms with E-state index < -0.39 is 5.60 Å². The Labute approximate surface area is 167 Å². The number of ether oxygens (including phenoxy) is 1. The molecule has 0 saturated heterocycles. The van der Waals surface area contributed by atoms with Gasteiger partial charge in [0, 0.05) is 24.3 Å². The molecule has 1 N–H and O–H groups in total.